The van der Waals surface area contributed by atoms with E-state index >= 15 is 0 Å². The Bertz CT molecular complexity index is 884. The van der Waals surface area contributed by atoms with E-state index < -0.39 is 0 Å². The Morgan fingerprint density at radius 3 is 2.64 bits per heavy atom. The third kappa shape index (κ3) is 4.71. The number of amides is 1. The number of aromatic nitrogens is 1. The van der Waals surface area contributed by atoms with Gasteiger partial charge in [-0.2, -0.15) is 0 Å². The molecule has 0 saturated carbocycles. The van der Waals surface area contributed by atoms with E-state index in [2.05, 4.69) is 26.2 Å². The van der Waals surface area contributed by atoms with E-state index in [9.17, 15) is 4.79 Å². The Hall–Kier alpha value is -2.11. The second-order valence-corrected chi connectivity index (χ2v) is 7.43. The third-order valence-corrected chi connectivity index (χ3v) is 5.73. The molecule has 3 rings (SSSR count). The van der Waals surface area contributed by atoms with Gasteiger partial charge in [-0.05, 0) is 60.5 Å². The Morgan fingerprint density at radius 1 is 1.12 bits per heavy atom. The number of thioether (sulfide) groups is 1. The van der Waals surface area contributed by atoms with Crippen LogP contribution in [-0.2, 0) is 5.75 Å². The molecule has 0 spiro atoms. The van der Waals surface area contributed by atoms with Crippen molar-refractivity contribution in [3.05, 3.63) is 88.2 Å². The van der Waals surface area contributed by atoms with Gasteiger partial charge in [0.25, 0.3) is 5.91 Å². The lowest BCUT2D eigenvalue weighted by Gasteiger charge is -2.11. The van der Waals surface area contributed by atoms with E-state index in [0.717, 1.165) is 26.4 Å². The molecule has 0 bridgehead atoms. The predicted octanol–water partition coefficient (Wildman–Crippen LogP) is 5.70. The van der Waals surface area contributed by atoms with Crippen LogP contribution in [0, 0.1) is 6.92 Å². The lowest BCUT2D eigenvalue weighted by Crippen LogP contribution is -2.13. The van der Waals surface area contributed by atoms with Crippen LogP contribution in [0.2, 0.25) is 0 Å². The first-order valence-electron chi connectivity index (χ1n) is 7.82. The second-order valence-electron chi connectivity index (χ2n) is 5.56. The molecule has 0 aliphatic carbocycles. The number of nitrogens with one attached hydrogen (secondary N) is 1. The summed E-state index contributed by atoms with van der Waals surface area (Å²) in [6, 6.07) is 17.4. The smallest absolute Gasteiger partial charge is 0.256 e. The van der Waals surface area contributed by atoms with Gasteiger partial charge in [0, 0.05) is 33.2 Å². The minimum Gasteiger partial charge on any atom is -0.322 e. The molecule has 25 heavy (non-hydrogen) atoms. The summed E-state index contributed by atoms with van der Waals surface area (Å²) in [7, 11) is 0. The van der Waals surface area contributed by atoms with Crippen LogP contribution in [0.25, 0.3) is 0 Å². The van der Waals surface area contributed by atoms with Gasteiger partial charge in [-0.3, -0.25) is 9.78 Å². The number of carbonyl (C=O) groups excluding carboxylic acids is 1. The number of anilines is 1. The number of halogens is 1. The van der Waals surface area contributed by atoms with Gasteiger partial charge in [-0.1, -0.05) is 28.1 Å². The fourth-order valence-corrected chi connectivity index (χ4v) is 3.59. The van der Waals surface area contributed by atoms with Gasteiger partial charge in [-0.15, -0.1) is 11.8 Å². The molecule has 1 aromatic heterocycles. The summed E-state index contributed by atoms with van der Waals surface area (Å²) in [5, 5.41) is 2.98. The van der Waals surface area contributed by atoms with Crippen LogP contribution in [0.3, 0.4) is 0 Å². The van der Waals surface area contributed by atoms with Gasteiger partial charge in [0.2, 0.25) is 0 Å². The summed E-state index contributed by atoms with van der Waals surface area (Å²) < 4.78 is 1.03. The summed E-state index contributed by atoms with van der Waals surface area (Å²) in [6.07, 6.45) is 3.56. The SMILES string of the molecule is Cc1cc(NC(=O)c2ccccc2SCc2ccncc2)ccc1Br. The van der Waals surface area contributed by atoms with Gasteiger partial charge in [0.15, 0.2) is 0 Å². The van der Waals surface area contributed by atoms with Crippen LogP contribution in [0.1, 0.15) is 21.5 Å². The van der Waals surface area contributed by atoms with Gasteiger partial charge >= 0.3 is 0 Å². The quantitative estimate of drug-likeness (QED) is 0.546. The average molecular weight is 413 g/mol. The fraction of sp³-hybridized carbons (Fsp3) is 0.100. The summed E-state index contributed by atoms with van der Waals surface area (Å²) >= 11 is 5.12. The molecule has 1 N–H and O–H groups in total. The largest absolute Gasteiger partial charge is 0.322 e. The highest BCUT2D eigenvalue weighted by Crippen LogP contribution is 2.27. The maximum absolute atomic E-state index is 12.7. The Morgan fingerprint density at radius 2 is 1.88 bits per heavy atom. The zero-order valence-corrected chi connectivity index (χ0v) is 16.1. The number of benzene rings is 2. The van der Waals surface area contributed by atoms with Crippen LogP contribution in [0.15, 0.2) is 76.4 Å². The van der Waals surface area contributed by atoms with Crippen molar-refractivity contribution in [2.75, 3.05) is 5.32 Å². The monoisotopic (exact) mass is 412 g/mol. The van der Waals surface area contributed by atoms with Crippen molar-refractivity contribution in [2.24, 2.45) is 0 Å². The second kappa shape index (κ2) is 8.32. The zero-order valence-electron chi connectivity index (χ0n) is 13.7. The molecule has 3 nitrogen and oxygen atoms in total. The van der Waals surface area contributed by atoms with Crippen molar-refractivity contribution in [3.63, 3.8) is 0 Å². The number of hydrogen-bond donors (Lipinski definition) is 1. The van der Waals surface area contributed by atoms with Crippen molar-refractivity contribution in [1.82, 2.24) is 4.98 Å². The number of aryl methyl sites for hydroxylation is 1. The third-order valence-electron chi connectivity index (χ3n) is 3.69. The van der Waals surface area contributed by atoms with Crippen LogP contribution >= 0.6 is 27.7 Å². The molecular weight excluding hydrogens is 396 g/mol. The minimum absolute atomic E-state index is 0.0976. The normalized spacial score (nSPS) is 10.5. The van der Waals surface area contributed by atoms with E-state index in [4.69, 9.17) is 0 Å². The first-order valence-corrected chi connectivity index (χ1v) is 9.59. The van der Waals surface area contributed by atoms with Gasteiger partial charge in [0.05, 0.1) is 5.56 Å². The molecule has 0 fully saturated rings. The van der Waals surface area contributed by atoms with Crippen molar-refractivity contribution >= 4 is 39.3 Å². The lowest BCUT2D eigenvalue weighted by atomic mass is 10.2. The summed E-state index contributed by atoms with van der Waals surface area (Å²) in [5.74, 6) is 0.698. The van der Waals surface area contributed by atoms with E-state index in [-0.39, 0.29) is 5.91 Å². The molecule has 5 heteroatoms. The Balaban J connectivity index is 1.75. The van der Waals surface area contributed by atoms with Crippen LogP contribution in [0.4, 0.5) is 5.69 Å². The maximum Gasteiger partial charge on any atom is 0.256 e. The topological polar surface area (TPSA) is 42.0 Å². The summed E-state index contributed by atoms with van der Waals surface area (Å²) in [5.41, 5.74) is 3.73. The van der Waals surface area contributed by atoms with Gasteiger partial charge in [0.1, 0.15) is 0 Å². The van der Waals surface area contributed by atoms with Crippen LogP contribution < -0.4 is 5.32 Å². The highest BCUT2D eigenvalue weighted by Gasteiger charge is 2.12. The fourth-order valence-electron chi connectivity index (χ4n) is 2.34. The molecule has 2 aromatic carbocycles. The van der Waals surface area contributed by atoms with Crippen molar-refractivity contribution < 1.29 is 4.79 Å². The predicted molar refractivity (Wildman–Crippen MR) is 107 cm³/mol. The number of pyridine rings is 1. The van der Waals surface area contributed by atoms with E-state index in [0.29, 0.717) is 5.56 Å². The van der Waals surface area contributed by atoms with E-state index in [1.54, 1.807) is 24.2 Å². The number of hydrogen-bond acceptors (Lipinski definition) is 3. The average Bonchev–Trinajstić information content (AvgIpc) is 2.64. The molecular formula is C20H17BrN2OS. The highest BCUT2D eigenvalue weighted by atomic mass is 79.9. The molecule has 3 aromatic rings. The van der Waals surface area contributed by atoms with Crippen molar-refractivity contribution in [2.45, 2.75) is 17.6 Å². The van der Waals surface area contributed by atoms with E-state index in [1.807, 2.05) is 61.5 Å². The minimum atomic E-state index is -0.0976. The molecule has 0 aliphatic rings. The molecule has 0 saturated heterocycles. The maximum atomic E-state index is 12.7. The number of rotatable bonds is 5. The molecule has 1 amide bonds. The van der Waals surface area contributed by atoms with E-state index in [1.165, 1.54) is 5.56 Å². The number of carbonyl (C=O) groups is 1. The van der Waals surface area contributed by atoms with Crippen molar-refractivity contribution in [1.29, 1.82) is 0 Å². The first kappa shape index (κ1) is 17.7. The Labute approximate surface area is 160 Å². The highest BCUT2D eigenvalue weighted by molar-refractivity contribution is 9.10. The molecule has 126 valence electrons. The van der Waals surface area contributed by atoms with Crippen molar-refractivity contribution in [3.8, 4) is 0 Å². The molecule has 0 aliphatic heterocycles. The standard InChI is InChI=1S/C20H17BrN2OS/c1-14-12-16(6-7-18(14)21)23-20(24)17-4-2-3-5-19(17)25-13-15-8-10-22-11-9-15/h2-12H,13H2,1H3,(H,23,24). The first-order chi connectivity index (χ1) is 12.1. The van der Waals surface area contributed by atoms with Crippen LogP contribution in [0.5, 0.6) is 0 Å². The number of nitrogens with zero attached hydrogens (tertiary/aromatic N) is 1. The lowest BCUT2D eigenvalue weighted by molar-refractivity contribution is 0.102. The molecule has 1 heterocycles. The zero-order chi connectivity index (χ0) is 17.6. The summed E-state index contributed by atoms with van der Waals surface area (Å²) in [6.45, 7) is 2.00. The Kier molecular flexibility index (Phi) is 5.89. The molecule has 0 atom stereocenters. The molecule has 0 unspecified atom stereocenters. The van der Waals surface area contributed by atoms with Gasteiger partial charge in [-0.25, -0.2) is 0 Å². The molecule has 0 radical (unpaired) electrons. The summed E-state index contributed by atoms with van der Waals surface area (Å²) in [4.78, 5) is 17.7. The van der Waals surface area contributed by atoms with Crippen LogP contribution in [-0.4, -0.2) is 10.9 Å². The van der Waals surface area contributed by atoms with Gasteiger partial charge < -0.3 is 5.32 Å².